The molecule has 11 heteroatoms. The van der Waals surface area contributed by atoms with Gasteiger partial charge in [0, 0.05) is 32.5 Å². The van der Waals surface area contributed by atoms with Crippen molar-refractivity contribution in [2.75, 3.05) is 33.4 Å². The first kappa shape index (κ1) is 24.6. The van der Waals surface area contributed by atoms with E-state index in [1.165, 1.54) is 11.4 Å². The predicted octanol–water partition coefficient (Wildman–Crippen LogP) is 1.61. The number of fused-ring (bicyclic) bond motifs is 1. The molecule has 1 aromatic carbocycles. The largest absolute Gasteiger partial charge is 0.467 e. The van der Waals surface area contributed by atoms with E-state index in [1.54, 1.807) is 18.2 Å². The minimum Gasteiger partial charge on any atom is -0.467 e. The van der Waals surface area contributed by atoms with E-state index < -0.39 is 21.5 Å². The number of imidazole rings is 1. The first-order valence-corrected chi connectivity index (χ1v) is 13.2. The summed E-state index contributed by atoms with van der Waals surface area (Å²) in [5, 5.41) is 2.90. The highest BCUT2D eigenvalue weighted by Crippen LogP contribution is 2.31. The normalized spacial score (nSPS) is 18.8. The molecule has 1 N–H and O–H groups in total. The monoisotopic (exact) mass is 492 g/mol. The lowest BCUT2D eigenvalue weighted by Crippen LogP contribution is -2.53. The molecule has 1 saturated carbocycles. The number of hydrogen-bond donors (Lipinski definition) is 1. The Kier molecular flexibility index (Phi) is 7.25. The fraction of sp³-hybridized carbons (Fsp3) is 0.609. The molecule has 1 aromatic heterocycles. The fourth-order valence-electron chi connectivity index (χ4n) is 4.91. The number of carbonyl (C=O) groups is 2. The Labute approximate surface area is 199 Å². The second-order valence-electron chi connectivity index (χ2n) is 8.77. The Bertz CT molecular complexity index is 1160. The van der Waals surface area contributed by atoms with E-state index in [4.69, 9.17) is 9.47 Å². The minimum absolute atomic E-state index is 0.168. The summed E-state index contributed by atoms with van der Waals surface area (Å²) in [6.45, 7) is 4.04. The van der Waals surface area contributed by atoms with E-state index in [1.807, 2.05) is 11.5 Å². The number of amides is 1. The topological polar surface area (TPSA) is 120 Å². The number of rotatable bonds is 8. The van der Waals surface area contributed by atoms with Crippen LogP contribution in [-0.2, 0) is 42.1 Å². The van der Waals surface area contributed by atoms with Crippen LogP contribution in [0.2, 0.25) is 0 Å². The predicted molar refractivity (Wildman–Crippen MR) is 125 cm³/mol. The number of benzene rings is 1. The number of ether oxygens (including phenoxy) is 2. The molecule has 1 amide bonds. The lowest BCUT2D eigenvalue weighted by molar-refractivity contribution is -0.150. The fourth-order valence-corrected chi connectivity index (χ4v) is 6.34. The standard InChI is InChI=1S/C23H32N4O6S/c1-3-27-19-7-6-17(34(30,31)26-12-14-33-15-13-26)16-18(19)24-20(27)8-9-21(28)25-23(22(29)32-2)10-4-5-11-23/h6-7,16H,3-5,8-15H2,1-2H3,(H,25,28). The lowest BCUT2D eigenvalue weighted by Gasteiger charge is -2.27. The van der Waals surface area contributed by atoms with Gasteiger partial charge in [0.25, 0.3) is 0 Å². The summed E-state index contributed by atoms with van der Waals surface area (Å²) in [6.07, 6.45) is 3.45. The number of carbonyl (C=O) groups excluding carboxylic acids is 2. The highest BCUT2D eigenvalue weighted by Gasteiger charge is 2.43. The maximum absolute atomic E-state index is 13.0. The van der Waals surface area contributed by atoms with E-state index in [0.29, 0.717) is 63.5 Å². The van der Waals surface area contributed by atoms with E-state index in [2.05, 4.69) is 10.3 Å². The molecule has 0 unspecified atom stereocenters. The van der Waals surface area contributed by atoms with Crippen LogP contribution < -0.4 is 5.32 Å². The maximum Gasteiger partial charge on any atom is 0.331 e. The summed E-state index contributed by atoms with van der Waals surface area (Å²) in [6, 6.07) is 4.98. The van der Waals surface area contributed by atoms with Crippen molar-refractivity contribution in [3.63, 3.8) is 0 Å². The van der Waals surface area contributed by atoms with Crippen LogP contribution in [0.25, 0.3) is 11.0 Å². The summed E-state index contributed by atoms with van der Waals surface area (Å²) < 4.78 is 39.7. The van der Waals surface area contributed by atoms with Gasteiger partial charge in [0.05, 0.1) is 36.3 Å². The molecule has 0 radical (unpaired) electrons. The molecule has 2 fully saturated rings. The van der Waals surface area contributed by atoms with Gasteiger partial charge in [-0.1, -0.05) is 12.8 Å². The van der Waals surface area contributed by atoms with Gasteiger partial charge in [-0.15, -0.1) is 0 Å². The van der Waals surface area contributed by atoms with Crippen molar-refractivity contribution in [2.45, 2.75) is 62.4 Å². The molecule has 4 rings (SSSR count). The number of methoxy groups -OCH3 is 1. The van der Waals surface area contributed by atoms with Crippen molar-refractivity contribution in [3.05, 3.63) is 24.0 Å². The third-order valence-corrected chi connectivity index (χ3v) is 8.61. The zero-order valence-corrected chi connectivity index (χ0v) is 20.5. The SMILES string of the molecule is CCn1c(CCC(=O)NC2(C(=O)OC)CCCC2)nc2cc(S(=O)(=O)N3CCOCC3)ccc21. The minimum atomic E-state index is -3.62. The Hall–Kier alpha value is -2.50. The molecule has 2 aliphatic rings. The Morgan fingerprint density at radius 2 is 1.91 bits per heavy atom. The average molecular weight is 493 g/mol. The molecule has 10 nitrogen and oxygen atoms in total. The van der Waals surface area contributed by atoms with Gasteiger partial charge in [0.1, 0.15) is 11.4 Å². The molecule has 2 aromatic rings. The van der Waals surface area contributed by atoms with Crippen molar-refractivity contribution in [1.29, 1.82) is 0 Å². The third kappa shape index (κ3) is 4.69. The number of nitrogens with one attached hydrogen (secondary N) is 1. The molecule has 0 atom stereocenters. The van der Waals surface area contributed by atoms with E-state index in [-0.39, 0.29) is 17.2 Å². The summed E-state index contributed by atoms with van der Waals surface area (Å²) >= 11 is 0. The van der Waals surface area contributed by atoms with Gasteiger partial charge in [0.2, 0.25) is 15.9 Å². The maximum atomic E-state index is 13.0. The molecule has 0 spiro atoms. The molecule has 0 bridgehead atoms. The summed E-state index contributed by atoms with van der Waals surface area (Å²) in [5.74, 6) is 0.0813. The Balaban J connectivity index is 1.51. The number of esters is 1. The Morgan fingerprint density at radius 3 is 2.56 bits per heavy atom. The molecule has 2 heterocycles. The number of aryl methyl sites for hydroxylation is 2. The van der Waals surface area contributed by atoms with Crippen molar-refractivity contribution in [2.24, 2.45) is 0 Å². The van der Waals surface area contributed by atoms with Crippen LogP contribution in [0.1, 0.15) is 44.9 Å². The molecule has 34 heavy (non-hydrogen) atoms. The summed E-state index contributed by atoms with van der Waals surface area (Å²) in [7, 11) is -2.29. The van der Waals surface area contributed by atoms with Crippen LogP contribution in [0.3, 0.4) is 0 Å². The van der Waals surface area contributed by atoms with Gasteiger partial charge in [-0.3, -0.25) is 4.79 Å². The zero-order valence-electron chi connectivity index (χ0n) is 19.7. The van der Waals surface area contributed by atoms with Crippen molar-refractivity contribution in [1.82, 2.24) is 19.2 Å². The van der Waals surface area contributed by atoms with E-state index in [9.17, 15) is 18.0 Å². The highest BCUT2D eigenvalue weighted by atomic mass is 32.2. The molecular weight excluding hydrogens is 460 g/mol. The van der Waals surface area contributed by atoms with Gasteiger partial charge in [-0.2, -0.15) is 4.31 Å². The van der Waals surface area contributed by atoms with Crippen LogP contribution in [0.5, 0.6) is 0 Å². The molecule has 1 saturated heterocycles. The van der Waals surface area contributed by atoms with Crippen LogP contribution in [0.4, 0.5) is 0 Å². The highest BCUT2D eigenvalue weighted by molar-refractivity contribution is 7.89. The molecule has 1 aliphatic heterocycles. The quantitative estimate of drug-likeness (QED) is 0.556. The van der Waals surface area contributed by atoms with Crippen LogP contribution in [-0.4, -0.2) is 73.1 Å². The lowest BCUT2D eigenvalue weighted by atomic mass is 9.97. The first-order valence-electron chi connectivity index (χ1n) is 11.8. The van der Waals surface area contributed by atoms with Gasteiger partial charge in [-0.25, -0.2) is 18.2 Å². The number of sulfonamides is 1. The van der Waals surface area contributed by atoms with E-state index in [0.717, 1.165) is 18.4 Å². The number of nitrogens with zero attached hydrogens (tertiary/aromatic N) is 3. The molecular formula is C23H32N4O6S. The number of hydrogen-bond acceptors (Lipinski definition) is 7. The smallest absolute Gasteiger partial charge is 0.331 e. The van der Waals surface area contributed by atoms with Crippen molar-refractivity contribution >= 4 is 32.9 Å². The number of morpholine rings is 1. The summed E-state index contributed by atoms with van der Waals surface area (Å²) in [4.78, 5) is 29.9. The third-order valence-electron chi connectivity index (χ3n) is 6.71. The van der Waals surface area contributed by atoms with Crippen LogP contribution >= 0.6 is 0 Å². The Morgan fingerprint density at radius 1 is 1.21 bits per heavy atom. The second kappa shape index (κ2) is 10.0. The van der Waals surface area contributed by atoms with Crippen LogP contribution in [0, 0.1) is 0 Å². The van der Waals surface area contributed by atoms with Gasteiger partial charge in [0.15, 0.2) is 0 Å². The van der Waals surface area contributed by atoms with E-state index >= 15 is 0 Å². The second-order valence-corrected chi connectivity index (χ2v) is 10.7. The van der Waals surface area contributed by atoms with Gasteiger partial charge in [-0.05, 0) is 38.0 Å². The van der Waals surface area contributed by atoms with Gasteiger partial charge < -0.3 is 19.4 Å². The number of aromatic nitrogens is 2. The zero-order chi connectivity index (χ0) is 24.3. The van der Waals surface area contributed by atoms with Crippen molar-refractivity contribution < 1.29 is 27.5 Å². The molecule has 186 valence electrons. The van der Waals surface area contributed by atoms with Crippen molar-refractivity contribution in [3.8, 4) is 0 Å². The van der Waals surface area contributed by atoms with Crippen LogP contribution in [0.15, 0.2) is 23.1 Å². The van der Waals surface area contributed by atoms with Gasteiger partial charge >= 0.3 is 5.97 Å². The molecule has 1 aliphatic carbocycles. The first-order chi connectivity index (χ1) is 16.3. The summed E-state index contributed by atoms with van der Waals surface area (Å²) in [5.41, 5.74) is 0.466. The average Bonchev–Trinajstić information content (AvgIpc) is 3.47.